The van der Waals surface area contributed by atoms with Crippen molar-refractivity contribution in [2.75, 3.05) is 6.61 Å². The summed E-state index contributed by atoms with van der Waals surface area (Å²) >= 11 is 0. The van der Waals surface area contributed by atoms with E-state index in [4.69, 9.17) is 14.2 Å². The van der Waals surface area contributed by atoms with Crippen molar-refractivity contribution in [3.8, 4) is 0 Å². The monoisotopic (exact) mass is 308 g/mol. The number of epoxide rings is 1. The maximum Gasteiger partial charge on any atom is 0.302 e. The molecule has 0 amide bonds. The maximum atomic E-state index is 11.5. The minimum atomic E-state index is -0.443. The first-order chi connectivity index (χ1) is 10.2. The zero-order valence-electron chi connectivity index (χ0n) is 13.6. The van der Waals surface area contributed by atoms with Gasteiger partial charge in [-0.05, 0) is 25.3 Å². The van der Waals surface area contributed by atoms with Gasteiger partial charge in [-0.3, -0.25) is 4.79 Å². The average molecular weight is 308 g/mol. The molecule has 122 valence electrons. The molecular weight excluding hydrogens is 284 g/mol. The van der Waals surface area contributed by atoms with Crippen LogP contribution in [-0.2, 0) is 19.0 Å². The number of aliphatic hydroxyl groups is 1. The third-order valence-electron chi connectivity index (χ3n) is 6.85. The Kier molecular flexibility index (Phi) is 2.76. The van der Waals surface area contributed by atoms with E-state index in [0.29, 0.717) is 13.0 Å². The largest absolute Gasteiger partial charge is 0.460 e. The van der Waals surface area contributed by atoms with Crippen LogP contribution in [0.25, 0.3) is 0 Å². The Balaban J connectivity index is 1.78. The zero-order valence-corrected chi connectivity index (χ0v) is 13.6. The van der Waals surface area contributed by atoms with E-state index in [1.807, 2.05) is 13.0 Å². The third kappa shape index (κ3) is 1.52. The van der Waals surface area contributed by atoms with Gasteiger partial charge >= 0.3 is 5.97 Å². The van der Waals surface area contributed by atoms with Gasteiger partial charge in [-0.15, -0.1) is 0 Å². The van der Waals surface area contributed by atoms with E-state index in [2.05, 4.69) is 13.8 Å². The van der Waals surface area contributed by atoms with Crippen LogP contribution in [0.3, 0.4) is 0 Å². The van der Waals surface area contributed by atoms with Crippen LogP contribution in [0.1, 0.15) is 40.5 Å². The quantitative estimate of drug-likeness (QED) is 0.452. The molecule has 0 radical (unpaired) electrons. The van der Waals surface area contributed by atoms with Gasteiger partial charge in [-0.25, -0.2) is 0 Å². The Morgan fingerprint density at radius 3 is 2.68 bits per heavy atom. The molecule has 1 spiro atoms. The molecule has 7 atom stereocenters. The Morgan fingerprint density at radius 1 is 1.41 bits per heavy atom. The first kappa shape index (κ1) is 14.7. The van der Waals surface area contributed by atoms with Gasteiger partial charge in [0.05, 0.1) is 18.8 Å². The lowest BCUT2D eigenvalue weighted by molar-refractivity contribution is -0.207. The van der Waals surface area contributed by atoms with Gasteiger partial charge in [0.1, 0.15) is 17.8 Å². The number of carbonyl (C=O) groups excluding carboxylic acids is 1. The van der Waals surface area contributed by atoms with Crippen molar-refractivity contribution < 1.29 is 24.1 Å². The van der Waals surface area contributed by atoms with Crippen molar-refractivity contribution >= 4 is 5.97 Å². The summed E-state index contributed by atoms with van der Waals surface area (Å²) in [5, 5.41) is 10.4. The molecular formula is C17H24O5. The summed E-state index contributed by atoms with van der Waals surface area (Å²) in [6.45, 7) is 8.42. The highest BCUT2D eigenvalue weighted by Gasteiger charge is 2.80. The minimum Gasteiger partial charge on any atom is -0.460 e. The lowest BCUT2D eigenvalue weighted by Gasteiger charge is -2.57. The summed E-state index contributed by atoms with van der Waals surface area (Å²) in [6, 6.07) is 0. The van der Waals surface area contributed by atoms with Crippen molar-refractivity contribution in [1.82, 2.24) is 0 Å². The second-order valence-electron chi connectivity index (χ2n) is 7.89. The molecule has 1 saturated carbocycles. The maximum absolute atomic E-state index is 11.5. The number of esters is 1. The summed E-state index contributed by atoms with van der Waals surface area (Å²) in [5.41, 5.74) is 0.193. The predicted octanol–water partition coefficient (Wildman–Crippen LogP) is 1.58. The summed E-state index contributed by atoms with van der Waals surface area (Å²) in [6.07, 6.45) is 2.44. The smallest absolute Gasteiger partial charge is 0.302 e. The topological polar surface area (TPSA) is 68.3 Å². The van der Waals surface area contributed by atoms with Crippen molar-refractivity contribution in [3.05, 3.63) is 11.6 Å². The molecule has 5 nitrogen and oxygen atoms in total. The molecule has 5 heteroatoms. The number of ether oxygens (including phenoxy) is 3. The van der Waals surface area contributed by atoms with Gasteiger partial charge in [0, 0.05) is 17.8 Å². The molecule has 2 saturated heterocycles. The number of hydrogen-bond donors (Lipinski definition) is 1. The fourth-order valence-corrected chi connectivity index (χ4v) is 5.19. The molecule has 2 aliphatic carbocycles. The summed E-state index contributed by atoms with van der Waals surface area (Å²) < 4.78 is 17.8. The van der Waals surface area contributed by atoms with Gasteiger partial charge in [-0.1, -0.05) is 19.9 Å². The molecule has 1 N–H and O–H groups in total. The van der Waals surface area contributed by atoms with E-state index < -0.39 is 6.10 Å². The molecule has 2 aliphatic heterocycles. The molecule has 2 bridgehead atoms. The second kappa shape index (κ2) is 4.13. The van der Waals surface area contributed by atoms with Crippen LogP contribution in [0.2, 0.25) is 0 Å². The van der Waals surface area contributed by atoms with Crippen molar-refractivity contribution in [2.24, 2.45) is 10.8 Å². The van der Waals surface area contributed by atoms with Gasteiger partial charge in [0.2, 0.25) is 0 Å². The van der Waals surface area contributed by atoms with Gasteiger partial charge in [-0.2, -0.15) is 0 Å². The lowest BCUT2D eigenvalue weighted by atomic mass is 9.52. The average Bonchev–Trinajstić information content (AvgIpc) is 3.16. The fraction of sp³-hybridized carbons (Fsp3) is 0.824. The van der Waals surface area contributed by atoms with Gasteiger partial charge in [0.25, 0.3) is 0 Å². The van der Waals surface area contributed by atoms with Crippen LogP contribution in [-0.4, -0.2) is 47.7 Å². The SMILES string of the molecule is CC(=O)O[C@@H]1C[C@@]2(C)C3(CO3)[C@@H]1O[C@@H]1C=C(C)C(O)C[C@@]12C. The van der Waals surface area contributed by atoms with Crippen molar-refractivity contribution in [2.45, 2.75) is 70.6 Å². The Morgan fingerprint density at radius 2 is 2.09 bits per heavy atom. The van der Waals surface area contributed by atoms with Crippen LogP contribution in [0.5, 0.6) is 0 Å². The number of carbonyl (C=O) groups is 1. The Hall–Kier alpha value is -0.910. The highest BCUT2D eigenvalue weighted by Crippen LogP contribution is 2.71. The molecule has 0 aromatic rings. The van der Waals surface area contributed by atoms with E-state index in [1.54, 1.807) is 0 Å². The van der Waals surface area contributed by atoms with Crippen LogP contribution < -0.4 is 0 Å². The number of fused-ring (bicyclic) bond motifs is 2. The summed E-state index contributed by atoms with van der Waals surface area (Å²) in [5.74, 6) is -0.277. The van der Waals surface area contributed by atoms with E-state index in [9.17, 15) is 9.90 Å². The minimum absolute atomic E-state index is 0.0683. The van der Waals surface area contributed by atoms with E-state index in [0.717, 1.165) is 12.0 Å². The number of aliphatic hydroxyl groups excluding tert-OH is 1. The molecule has 2 unspecified atom stereocenters. The highest BCUT2D eigenvalue weighted by molar-refractivity contribution is 5.66. The molecule has 4 rings (SSSR count). The third-order valence-corrected chi connectivity index (χ3v) is 6.85. The first-order valence-corrected chi connectivity index (χ1v) is 8.06. The molecule has 3 fully saturated rings. The van der Waals surface area contributed by atoms with E-state index >= 15 is 0 Å². The predicted molar refractivity (Wildman–Crippen MR) is 78.1 cm³/mol. The van der Waals surface area contributed by atoms with Gasteiger partial charge in [0.15, 0.2) is 0 Å². The number of hydrogen-bond acceptors (Lipinski definition) is 5. The van der Waals surface area contributed by atoms with Crippen LogP contribution in [0.4, 0.5) is 0 Å². The highest BCUT2D eigenvalue weighted by atomic mass is 16.7. The van der Waals surface area contributed by atoms with Crippen LogP contribution >= 0.6 is 0 Å². The molecule has 0 aromatic carbocycles. The van der Waals surface area contributed by atoms with E-state index in [-0.39, 0.29) is 40.7 Å². The van der Waals surface area contributed by atoms with Crippen LogP contribution in [0.15, 0.2) is 11.6 Å². The second-order valence-corrected chi connectivity index (χ2v) is 7.89. The molecule has 0 aromatic heterocycles. The number of rotatable bonds is 1. The lowest BCUT2D eigenvalue weighted by Crippen LogP contribution is -2.62. The van der Waals surface area contributed by atoms with Crippen molar-refractivity contribution in [1.29, 1.82) is 0 Å². The molecule has 2 heterocycles. The Labute approximate surface area is 130 Å². The first-order valence-electron chi connectivity index (χ1n) is 8.06. The Bertz CT molecular complexity index is 565. The normalized spacial score (nSPS) is 55.6. The standard InChI is InChI=1S/C17H24O5/c1-9-5-13-15(3,6-11(9)19)16(4)7-12(21-10(2)18)14(22-13)17(16)8-20-17/h5,11-14,19H,6-8H2,1-4H3/t11?,12-,13-,14-,15+,16-,17?/m1/s1. The molecule has 22 heavy (non-hydrogen) atoms. The summed E-state index contributed by atoms with van der Waals surface area (Å²) in [4.78, 5) is 11.5. The summed E-state index contributed by atoms with van der Waals surface area (Å²) in [7, 11) is 0. The van der Waals surface area contributed by atoms with Crippen molar-refractivity contribution in [3.63, 3.8) is 0 Å². The van der Waals surface area contributed by atoms with E-state index in [1.165, 1.54) is 6.92 Å². The zero-order chi connectivity index (χ0) is 15.9. The molecule has 4 aliphatic rings. The van der Waals surface area contributed by atoms with Crippen LogP contribution in [0, 0.1) is 10.8 Å². The fourth-order valence-electron chi connectivity index (χ4n) is 5.19. The van der Waals surface area contributed by atoms with Gasteiger partial charge < -0.3 is 19.3 Å².